The van der Waals surface area contributed by atoms with E-state index in [0.29, 0.717) is 17.9 Å². The molecule has 1 aliphatic carbocycles. The second-order valence-electron chi connectivity index (χ2n) is 7.90. The zero-order chi connectivity index (χ0) is 17.0. The Morgan fingerprint density at radius 1 is 0.917 bits per heavy atom. The van der Waals surface area contributed by atoms with Gasteiger partial charge in [0.25, 0.3) is 0 Å². The van der Waals surface area contributed by atoms with Crippen LogP contribution in [0.15, 0.2) is 36.4 Å². The van der Waals surface area contributed by atoms with Crippen LogP contribution in [-0.2, 0) is 6.42 Å². The number of fused-ring (bicyclic) bond motifs is 2. The van der Waals surface area contributed by atoms with Crippen molar-refractivity contribution in [2.75, 3.05) is 11.4 Å². The van der Waals surface area contributed by atoms with Crippen LogP contribution in [0.5, 0.6) is 0 Å². The quantitative estimate of drug-likeness (QED) is 0.658. The Hall–Kier alpha value is -1.76. The fraction of sp³-hybridized carbons (Fsp3) is 0.478. The van der Waals surface area contributed by atoms with Crippen LogP contribution in [0.4, 0.5) is 5.69 Å². The minimum atomic E-state index is 0.584. The number of rotatable bonds is 2. The topological polar surface area (TPSA) is 3.24 Å². The van der Waals surface area contributed by atoms with Gasteiger partial charge in [0.2, 0.25) is 0 Å². The SMILES string of the molecule is CCN1c2cccc(-c3cccc4c3C[C@H](C)[C@@H]4C)c2[C@H](C)[C@@H]1C. The monoisotopic (exact) mass is 319 g/mol. The highest BCUT2D eigenvalue weighted by atomic mass is 15.2. The first kappa shape index (κ1) is 15.7. The predicted octanol–water partition coefficient (Wildman–Crippen LogP) is 5.98. The minimum Gasteiger partial charge on any atom is -0.368 e. The zero-order valence-electron chi connectivity index (χ0n) is 15.6. The Bertz CT molecular complexity index is 776. The molecule has 0 N–H and O–H groups in total. The van der Waals surface area contributed by atoms with E-state index in [2.05, 4.69) is 75.9 Å². The highest BCUT2D eigenvalue weighted by molar-refractivity contribution is 5.81. The molecular weight excluding hydrogens is 290 g/mol. The number of anilines is 1. The van der Waals surface area contributed by atoms with Crippen LogP contribution >= 0.6 is 0 Å². The maximum absolute atomic E-state index is 2.57. The van der Waals surface area contributed by atoms with Crippen molar-refractivity contribution < 1.29 is 0 Å². The van der Waals surface area contributed by atoms with E-state index in [4.69, 9.17) is 0 Å². The molecule has 1 heterocycles. The lowest BCUT2D eigenvalue weighted by molar-refractivity contribution is 0.532. The lowest BCUT2D eigenvalue weighted by Gasteiger charge is -2.24. The van der Waals surface area contributed by atoms with Gasteiger partial charge < -0.3 is 4.90 Å². The van der Waals surface area contributed by atoms with Gasteiger partial charge in [-0.2, -0.15) is 0 Å². The van der Waals surface area contributed by atoms with E-state index < -0.39 is 0 Å². The first-order valence-corrected chi connectivity index (χ1v) is 9.56. The van der Waals surface area contributed by atoms with E-state index in [0.717, 1.165) is 12.5 Å². The van der Waals surface area contributed by atoms with Crippen LogP contribution in [0.1, 0.15) is 63.1 Å². The molecule has 1 heteroatoms. The standard InChI is InChI=1S/C23H29N/c1-6-24-17(5)16(4)23-20(11-8-12-22(23)24)19-10-7-9-18-15(3)14(2)13-21(18)19/h7-12,14-17H,6,13H2,1-5H3/t14-,15-,16+,17-/m0/s1. The van der Waals surface area contributed by atoms with Crippen LogP contribution in [-0.4, -0.2) is 12.6 Å². The molecule has 1 aliphatic heterocycles. The molecule has 24 heavy (non-hydrogen) atoms. The third-order valence-electron chi connectivity index (χ3n) is 6.78. The molecule has 0 aromatic heterocycles. The smallest absolute Gasteiger partial charge is 0.0411 e. The van der Waals surface area contributed by atoms with Gasteiger partial charge in [0.15, 0.2) is 0 Å². The van der Waals surface area contributed by atoms with Crippen molar-refractivity contribution in [3.63, 3.8) is 0 Å². The first-order chi connectivity index (χ1) is 11.5. The zero-order valence-corrected chi connectivity index (χ0v) is 15.6. The third-order valence-corrected chi connectivity index (χ3v) is 6.78. The molecule has 126 valence electrons. The summed E-state index contributed by atoms with van der Waals surface area (Å²) < 4.78 is 0. The molecule has 2 aliphatic rings. The van der Waals surface area contributed by atoms with Crippen molar-refractivity contribution in [3.8, 4) is 11.1 Å². The van der Waals surface area contributed by atoms with Crippen molar-refractivity contribution in [1.82, 2.24) is 0 Å². The Balaban J connectivity index is 1.92. The van der Waals surface area contributed by atoms with Crippen molar-refractivity contribution in [2.45, 2.75) is 58.9 Å². The fourth-order valence-corrected chi connectivity index (χ4v) is 5.02. The summed E-state index contributed by atoms with van der Waals surface area (Å²) in [5, 5.41) is 0. The Morgan fingerprint density at radius 2 is 1.62 bits per heavy atom. The van der Waals surface area contributed by atoms with Gasteiger partial charge in [-0.15, -0.1) is 0 Å². The molecule has 0 spiro atoms. The predicted molar refractivity (Wildman–Crippen MR) is 104 cm³/mol. The average Bonchev–Trinajstić information content (AvgIpc) is 3.02. The van der Waals surface area contributed by atoms with Gasteiger partial charge >= 0.3 is 0 Å². The molecule has 0 saturated heterocycles. The summed E-state index contributed by atoms with van der Waals surface area (Å²) in [5.74, 6) is 2.02. The summed E-state index contributed by atoms with van der Waals surface area (Å²) >= 11 is 0. The highest BCUT2D eigenvalue weighted by Gasteiger charge is 2.35. The van der Waals surface area contributed by atoms with Crippen molar-refractivity contribution in [2.24, 2.45) is 5.92 Å². The average molecular weight is 319 g/mol. The van der Waals surface area contributed by atoms with E-state index in [1.165, 1.54) is 23.2 Å². The van der Waals surface area contributed by atoms with Crippen LogP contribution in [0.3, 0.4) is 0 Å². The summed E-state index contributed by atoms with van der Waals surface area (Å²) in [7, 11) is 0. The Morgan fingerprint density at radius 3 is 2.38 bits per heavy atom. The van der Waals surface area contributed by atoms with Gasteiger partial charge in [-0.05, 0) is 66.0 Å². The molecule has 4 rings (SSSR count). The summed E-state index contributed by atoms with van der Waals surface area (Å²) in [6, 6.07) is 14.5. The molecular formula is C23H29N. The minimum absolute atomic E-state index is 0.584. The second kappa shape index (κ2) is 5.65. The summed E-state index contributed by atoms with van der Waals surface area (Å²) in [5.41, 5.74) is 9.14. The molecule has 4 atom stereocenters. The maximum atomic E-state index is 2.57. The molecule has 0 bridgehead atoms. The molecule has 2 aromatic rings. The summed E-state index contributed by atoms with van der Waals surface area (Å²) in [6.07, 6.45) is 1.22. The van der Waals surface area contributed by atoms with E-state index in [9.17, 15) is 0 Å². The Kier molecular flexibility index (Phi) is 3.71. The van der Waals surface area contributed by atoms with Gasteiger partial charge in [0, 0.05) is 24.2 Å². The molecule has 1 nitrogen and oxygen atoms in total. The third kappa shape index (κ3) is 2.06. The van der Waals surface area contributed by atoms with E-state index in [-0.39, 0.29) is 0 Å². The van der Waals surface area contributed by atoms with Crippen LogP contribution in [0, 0.1) is 5.92 Å². The van der Waals surface area contributed by atoms with Gasteiger partial charge in [-0.25, -0.2) is 0 Å². The van der Waals surface area contributed by atoms with Gasteiger partial charge in [-0.1, -0.05) is 51.1 Å². The van der Waals surface area contributed by atoms with Crippen LogP contribution < -0.4 is 4.90 Å². The van der Waals surface area contributed by atoms with E-state index in [1.54, 1.807) is 16.7 Å². The van der Waals surface area contributed by atoms with Crippen LogP contribution in [0.25, 0.3) is 11.1 Å². The summed E-state index contributed by atoms with van der Waals surface area (Å²) in [4.78, 5) is 2.57. The van der Waals surface area contributed by atoms with E-state index >= 15 is 0 Å². The maximum Gasteiger partial charge on any atom is 0.0411 e. The van der Waals surface area contributed by atoms with Crippen molar-refractivity contribution in [1.29, 1.82) is 0 Å². The second-order valence-corrected chi connectivity index (χ2v) is 7.90. The number of nitrogens with zero attached hydrogens (tertiary/aromatic N) is 1. The number of hydrogen-bond donors (Lipinski definition) is 0. The lowest BCUT2D eigenvalue weighted by atomic mass is 9.87. The van der Waals surface area contributed by atoms with Crippen molar-refractivity contribution in [3.05, 3.63) is 53.1 Å². The Labute approximate surface area is 146 Å². The fourth-order valence-electron chi connectivity index (χ4n) is 5.02. The highest BCUT2D eigenvalue weighted by Crippen LogP contribution is 2.48. The number of hydrogen-bond acceptors (Lipinski definition) is 1. The van der Waals surface area contributed by atoms with Crippen molar-refractivity contribution >= 4 is 5.69 Å². The van der Waals surface area contributed by atoms with E-state index in [1.807, 2.05) is 0 Å². The number of likely N-dealkylation sites (N-methyl/N-ethyl adjacent to an activating group) is 1. The van der Waals surface area contributed by atoms with Gasteiger partial charge in [-0.3, -0.25) is 0 Å². The van der Waals surface area contributed by atoms with Gasteiger partial charge in [0.05, 0.1) is 0 Å². The molecule has 0 unspecified atom stereocenters. The molecule has 2 aromatic carbocycles. The largest absolute Gasteiger partial charge is 0.368 e. The van der Waals surface area contributed by atoms with Gasteiger partial charge in [0.1, 0.15) is 0 Å². The molecule has 0 saturated carbocycles. The summed E-state index contributed by atoms with van der Waals surface area (Å²) in [6.45, 7) is 12.9. The first-order valence-electron chi connectivity index (χ1n) is 9.56. The van der Waals surface area contributed by atoms with Crippen LogP contribution in [0.2, 0.25) is 0 Å². The molecule has 0 fully saturated rings. The normalized spacial score (nSPS) is 28.1. The number of benzene rings is 2. The molecule has 0 amide bonds. The molecule has 0 radical (unpaired) electrons. The lowest BCUT2D eigenvalue weighted by Crippen LogP contribution is -2.30.